The number of carbonyl (C=O) groups excluding carboxylic acids is 1. The molecule has 1 amide bonds. The molecule has 0 saturated carbocycles. The molecule has 142 valence electrons. The molecule has 0 saturated heterocycles. The second kappa shape index (κ2) is 7.69. The summed E-state index contributed by atoms with van der Waals surface area (Å²) in [5.74, 6) is 0.260. The molecule has 4 rings (SSSR count). The van der Waals surface area contributed by atoms with Crippen molar-refractivity contribution in [3.8, 4) is 21.8 Å². The largest absolute Gasteiger partial charge is 0.370 e. The van der Waals surface area contributed by atoms with Gasteiger partial charge in [0.05, 0.1) is 5.39 Å². The van der Waals surface area contributed by atoms with Gasteiger partial charge in [-0.25, -0.2) is 4.98 Å². The Morgan fingerprint density at radius 3 is 2.64 bits per heavy atom. The van der Waals surface area contributed by atoms with Gasteiger partial charge in [-0.3, -0.25) is 14.2 Å². The Balaban J connectivity index is 1.96. The van der Waals surface area contributed by atoms with E-state index in [2.05, 4.69) is 0 Å². The Hall–Kier alpha value is -2.77. The smallest absolute Gasteiger partial charge is 0.263 e. The van der Waals surface area contributed by atoms with Crippen molar-refractivity contribution < 1.29 is 4.79 Å². The van der Waals surface area contributed by atoms with Gasteiger partial charge in [-0.2, -0.15) is 0 Å². The van der Waals surface area contributed by atoms with E-state index in [0.717, 1.165) is 25.7 Å². The van der Waals surface area contributed by atoms with Gasteiger partial charge in [0.15, 0.2) is 0 Å². The molecule has 5 nitrogen and oxygen atoms in total. The van der Waals surface area contributed by atoms with E-state index in [1.54, 1.807) is 27.2 Å². The average molecular weight is 410 g/mol. The predicted molar refractivity (Wildman–Crippen MR) is 116 cm³/mol. The zero-order valence-electron chi connectivity index (χ0n) is 15.3. The third-order valence-electron chi connectivity index (χ3n) is 4.59. The van der Waals surface area contributed by atoms with Gasteiger partial charge in [0.25, 0.3) is 5.56 Å². The first kappa shape index (κ1) is 18.6. The first-order chi connectivity index (χ1) is 13.6. The van der Waals surface area contributed by atoms with Crippen LogP contribution in [0.3, 0.4) is 0 Å². The summed E-state index contributed by atoms with van der Waals surface area (Å²) >= 11 is 3.16. The van der Waals surface area contributed by atoms with E-state index >= 15 is 0 Å². The lowest BCUT2D eigenvalue weighted by Crippen LogP contribution is -2.24. The Kier molecular flexibility index (Phi) is 5.11. The second-order valence-electron chi connectivity index (χ2n) is 6.52. The summed E-state index contributed by atoms with van der Waals surface area (Å²) < 4.78 is 1.68. The fraction of sp³-hybridized carbons (Fsp3) is 0.190. The highest BCUT2D eigenvalue weighted by molar-refractivity contribution is 7.20. The van der Waals surface area contributed by atoms with Gasteiger partial charge in [0, 0.05) is 33.8 Å². The summed E-state index contributed by atoms with van der Waals surface area (Å²) in [6, 6.07) is 13.7. The lowest BCUT2D eigenvalue weighted by atomic mass is 10.1. The lowest BCUT2D eigenvalue weighted by molar-refractivity contribution is -0.118. The van der Waals surface area contributed by atoms with Gasteiger partial charge >= 0.3 is 0 Å². The number of nitrogens with two attached hydrogens (primary N) is 1. The van der Waals surface area contributed by atoms with Gasteiger partial charge < -0.3 is 5.73 Å². The number of primary amides is 1. The number of carbonyl (C=O) groups is 1. The highest BCUT2D eigenvalue weighted by Crippen LogP contribution is 2.38. The summed E-state index contributed by atoms with van der Waals surface area (Å²) in [6.07, 6.45) is 0.735. The third kappa shape index (κ3) is 3.39. The summed E-state index contributed by atoms with van der Waals surface area (Å²) in [5, 5.41) is 2.67. The van der Waals surface area contributed by atoms with Crippen molar-refractivity contribution in [2.45, 2.75) is 26.3 Å². The maximum atomic E-state index is 13.5. The number of thiophene rings is 2. The number of nitrogens with zero attached hydrogens (tertiary/aromatic N) is 2. The van der Waals surface area contributed by atoms with E-state index in [1.165, 1.54) is 0 Å². The van der Waals surface area contributed by atoms with Crippen LogP contribution >= 0.6 is 22.7 Å². The van der Waals surface area contributed by atoms with Crippen LogP contribution in [0.2, 0.25) is 0 Å². The van der Waals surface area contributed by atoms with Crippen LogP contribution in [0, 0.1) is 6.92 Å². The van der Waals surface area contributed by atoms with Crippen molar-refractivity contribution in [3.63, 3.8) is 0 Å². The second-order valence-corrected chi connectivity index (χ2v) is 8.67. The molecule has 0 aliphatic heterocycles. The van der Waals surface area contributed by atoms with E-state index in [9.17, 15) is 9.59 Å². The highest BCUT2D eigenvalue weighted by atomic mass is 32.1. The highest BCUT2D eigenvalue weighted by Gasteiger charge is 2.20. The standard InChI is InChI=1S/C21H19N3O2S2/c1-13-17(15-9-6-12-27-15)18-20(28-13)23-19(14-7-3-2-4-8-14)24(21(18)26)11-5-10-16(22)25/h2-4,6-9,12H,5,10-11H2,1H3,(H2,22,25). The van der Waals surface area contributed by atoms with Crippen LogP contribution in [0.25, 0.3) is 32.0 Å². The molecule has 0 spiro atoms. The maximum Gasteiger partial charge on any atom is 0.263 e. The predicted octanol–water partition coefficient (Wildman–Crippen LogP) is 4.43. The van der Waals surface area contributed by atoms with Crippen LogP contribution in [0.15, 0.2) is 52.6 Å². The number of fused-ring (bicyclic) bond motifs is 1. The number of amides is 1. The topological polar surface area (TPSA) is 78.0 Å². The van der Waals surface area contributed by atoms with Gasteiger partial charge in [-0.15, -0.1) is 22.7 Å². The monoisotopic (exact) mass is 409 g/mol. The molecule has 4 aromatic rings. The summed E-state index contributed by atoms with van der Waals surface area (Å²) in [7, 11) is 0. The molecule has 1 aromatic carbocycles. The number of aromatic nitrogens is 2. The molecule has 0 unspecified atom stereocenters. The summed E-state index contributed by atoms with van der Waals surface area (Å²) in [4.78, 5) is 32.5. The molecular formula is C21H19N3O2S2. The van der Waals surface area contributed by atoms with Gasteiger partial charge in [0.1, 0.15) is 10.7 Å². The Bertz CT molecular complexity index is 1190. The summed E-state index contributed by atoms with van der Waals surface area (Å²) in [5.41, 5.74) is 7.07. The van der Waals surface area contributed by atoms with Crippen molar-refractivity contribution in [1.82, 2.24) is 9.55 Å². The van der Waals surface area contributed by atoms with Crippen LogP contribution in [0.4, 0.5) is 0 Å². The van der Waals surface area contributed by atoms with E-state index in [0.29, 0.717) is 24.2 Å². The molecule has 2 N–H and O–H groups in total. The van der Waals surface area contributed by atoms with Crippen LogP contribution < -0.4 is 11.3 Å². The normalized spacial score (nSPS) is 11.2. The van der Waals surface area contributed by atoms with E-state index in [-0.39, 0.29) is 17.9 Å². The molecule has 0 atom stereocenters. The van der Waals surface area contributed by atoms with Crippen LogP contribution in [-0.2, 0) is 11.3 Å². The fourth-order valence-electron chi connectivity index (χ4n) is 3.34. The van der Waals surface area contributed by atoms with Gasteiger partial charge in [-0.05, 0) is 24.8 Å². The van der Waals surface area contributed by atoms with Crippen LogP contribution in [-0.4, -0.2) is 15.5 Å². The Labute approximate surface area is 170 Å². The Morgan fingerprint density at radius 1 is 1.18 bits per heavy atom. The first-order valence-corrected chi connectivity index (χ1v) is 10.7. The number of hydrogen-bond donors (Lipinski definition) is 1. The molecule has 3 heterocycles. The minimum absolute atomic E-state index is 0.0685. The minimum Gasteiger partial charge on any atom is -0.370 e. The number of aryl methyl sites for hydroxylation is 1. The van der Waals surface area contributed by atoms with Gasteiger partial charge in [-0.1, -0.05) is 36.4 Å². The molecule has 0 bridgehead atoms. The quantitative estimate of drug-likeness (QED) is 0.512. The first-order valence-electron chi connectivity index (χ1n) is 8.98. The molecule has 7 heteroatoms. The summed E-state index contributed by atoms with van der Waals surface area (Å²) in [6.45, 7) is 2.42. The van der Waals surface area contributed by atoms with Crippen molar-refractivity contribution in [3.05, 3.63) is 63.1 Å². The average Bonchev–Trinajstić information content (AvgIpc) is 3.31. The van der Waals surface area contributed by atoms with Crippen molar-refractivity contribution in [1.29, 1.82) is 0 Å². The van der Waals surface area contributed by atoms with Crippen molar-refractivity contribution in [2.75, 3.05) is 0 Å². The lowest BCUT2D eigenvalue weighted by Gasteiger charge is -2.12. The molecule has 0 aliphatic rings. The molecular weight excluding hydrogens is 390 g/mol. The van der Waals surface area contributed by atoms with Gasteiger partial charge in [0.2, 0.25) is 5.91 Å². The number of benzene rings is 1. The van der Waals surface area contributed by atoms with Crippen molar-refractivity contribution in [2.24, 2.45) is 5.73 Å². The minimum atomic E-state index is -0.367. The van der Waals surface area contributed by atoms with Crippen molar-refractivity contribution >= 4 is 38.8 Å². The Morgan fingerprint density at radius 2 is 1.96 bits per heavy atom. The molecule has 0 radical (unpaired) electrons. The number of rotatable bonds is 6. The fourth-order valence-corrected chi connectivity index (χ4v) is 5.26. The number of hydrogen-bond acceptors (Lipinski definition) is 5. The molecule has 0 fully saturated rings. The molecule has 28 heavy (non-hydrogen) atoms. The van der Waals surface area contributed by atoms with E-state index < -0.39 is 0 Å². The zero-order chi connectivity index (χ0) is 19.7. The molecule has 3 aromatic heterocycles. The van der Waals surface area contributed by atoms with E-state index in [1.807, 2.05) is 54.8 Å². The maximum absolute atomic E-state index is 13.5. The SMILES string of the molecule is Cc1sc2nc(-c3ccccc3)n(CCCC(N)=O)c(=O)c2c1-c1cccs1. The van der Waals surface area contributed by atoms with Crippen LogP contribution in [0.1, 0.15) is 17.7 Å². The third-order valence-corrected chi connectivity index (χ3v) is 6.48. The van der Waals surface area contributed by atoms with Crippen LogP contribution in [0.5, 0.6) is 0 Å². The molecule has 0 aliphatic carbocycles. The zero-order valence-corrected chi connectivity index (χ0v) is 17.0. The van der Waals surface area contributed by atoms with E-state index in [4.69, 9.17) is 10.7 Å².